The van der Waals surface area contributed by atoms with Crippen molar-refractivity contribution in [3.05, 3.63) is 45.6 Å². The Labute approximate surface area is 183 Å². The molecule has 0 spiro atoms. The van der Waals surface area contributed by atoms with Crippen LogP contribution in [0.3, 0.4) is 0 Å². The van der Waals surface area contributed by atoms with E-state index >= 15 is 0 Å². The number of nitrogens with zero attached hydrogens (tertiary/aromatic N) is 1. The van der Waals surface area contributed by atoms with Crippen LogP contribution in [0.5, 0.6) is 11.5 Å². The number of hydrogen-bond donors (Lipinski definition) is 2. The van der Waals surface area contributed by atoms with E-state index in [0.717, 1.165) is 25.9 Å². The Kier molecular flexibility index (Phi) is 7.07. The molecule has 2 heterocycles. The minimum atomic E-state index is -0.153. The van der Waals surface area contributed by atoms with Crippen molar-refractivity contribution in [3.63, 3.8) is 0 Å². The molecule has 158 valence electrons. The molecule has 0 fully saturated rings. The zero-order chi connectivity index (χ0) is 21.7. The van der Waals surface area contributed by atoms with E-state index in [1.807, 2.05) is 25.1 Å². The highest BCUT2D eigenvalue weighted by atomic mass is 32.1. The lowest BCUT2D eigenvalue weighted by molar-refractivity contribution is -0.119. The monoisotopic (exact) mass is 445 g/mol. The first-order valence-electron chi connectivity index (χ1n) is 9.21. The number of aryl methyl sites for hydroxylation is 1. The predicted octanol–water partition coefficient (Wildman–Crippen LogP) is 4.01. The maximum atomic E-state index is 12.5. The van der Waals surface area contributed by atoms with Gasteiger partial charge in [0.1, 0.15) is 0 Å². The van der Waals surface area contributed by atoms with Crippen LogP contribution in [-0.2, 0) is 22.6 Å². The SMILES string of the molecule is COc1ccc(CC(=O)Nc2nc(-c3ccc(CNC(C)=O)s3)c(C)s2)cc1OC. The summed E-state index contributed by atoms with van der Waals surface area (Å²) in [6.07, 6.45) is 0.203. The maximum absolute atomic E-state index is 12.5. The Morgan fingerprint density at radius 3 is 2.53 bits per heavy atom. The molecule has 2 aromatic heterocycles. The van der Waals surface area contributed by atoms with Crippen LogP contribution in [0.1, 0.15) is 22.2 Å². The van der Waals surface area contributed by atoms with Gasteiger partial charge in [-0.1, -0.05) is 6.07 Å². The van der Waals surface area contributed by atoms with Gasteiger partial charge >= 0.3 is 0 Å². The van der Waals surface area contributed by atoms with Crippen LogP contribution in [0.4, 0.5) is 5.13 Å². The van der Waals surface area contributed by atoms with Gasteiger partial charge < -0.3 is 20.1 Å². The Hall–Kier alpha value is -2.91. The number of ether oxygens (including phenoxy) is 2. The molecule has 0 unspecified atom stereocenters. The summed E-state index contributed by atoms with van der Waals surface area (Å²) in [4.78, 5) is 31.2. The van der Waals surface area contributed by atoms with Crippen LogP contribution in [0.25, 0.3) is 10.6 Å². The number of methoxy groups -OCH3 is 2. The van der Waals surface area contributed by atoms with Crippen LogP contribution in [0, 0.1) is 6.92 Å². The van der Waals surface area contributed by atoms with E-state index in [2.05, 4.69) is 15.6 Å². The summed E-state index contributed by atoms with van der Waals surface area (Å²) in [5.41, 5.74) is 1.67. The summed E-state index contributed by atoms with van der Waals surface area (Å²) in [7, 11) is 3.14. The quantitative estimate of drug-likeness (QED) is 0.547. The van der Waals surface area contributed by atoms with Crippen molar-refractivity contribution in [3.8, 4) is 22.1 Å². The average Bonchev–Trinajstić information content (AvgIpc) is 3.32. The average molecular weight is 446 g/mol. The normalized spacial score (nSPS) is 10.5. The number of thiazole rings is 1. The van der Waals surface area contributed by atoms with E-state index < -0.39 is 0 Å². The molecule has 0 radical (unpaired) electrons. The summed E-state index contributed by atoms with van der Waals surface area (Å²) in [6, 6.07) is 9.37. The minimum Gasteiger partial charge on any atom is -0.493 e. The fourth-order valence-corrected chi connectivity index (χ4v) is 4.73. The van der Waals surface area contributed by atoms with Crippen molar-refractivity contribution in [1.82, 2.24) is 10.3 Å². The number of amides is 2. The fraction of sp³-hybridized carbons (Fsp3) is 0.286. The molecule has 0 aliphatic rings. The first-order chi connectivity index (χ1) is 14.4. The molecule has 9 heteroatoms. The second-order valence-electron chi connectivity index (χ2n) is 6.51. The van der Waals surface area contributed by atoms with Gasteiger partial charge in [0.05, 0.1) is 37.8 Å². The van der Waals surface area contributed by atoms with Crippen molar-refractivity contribution in [2.75, 3.05) is 19.5 Å². The summed E-state index contributed by atoms with van der Waals surface area (Å²) in [5.74, 6) is 0.993. The molecular formula is C21H23N3O4S2. The first-order valence-corrected chi connectivity index (χ1v) is 10.8. The van der Waals surface area contributed by atoms with E-state index in [1.165, 1.54) is 18.3 Å². The number of hydrogen-bond acceptors (Lipinski definition) is 7. The molecule has 30 heavy (non-hydrogen) atoms. The number of carbonyl (C=O) groups is 2. The maximum Gasteiger partial charge on any atom is 0.230 e. The second kappa shape index (κ2) is 9.73. The zero-order valence-corrected chi connectivity index (χ0v) is 18.8. The van der Waals surface area contributed by atoms with Crippen molar-refractivity contribution in [1.29, 1.82) is 0 Å². The van der Waals surface area contributed by atoms with Crippen molar-refractivity contribution >= 4 is 39.6 Å². The summed E-state index contributed by atoms with van der Waals surface area (Å²) >= 11 is 3.01. The number of carbonyl (C=O) groups excluding carboxylic acids is 2. The van der Waals surface area contributed by atoms with E-state index in [4.69, 9.17) is 9.47 Å². The van der Waals surface area contributed by atoms with E-state index in [1.54, 1.807) is 37.7 Å². The molecule has 3 rings (SSSR count). The second-order valence-corrected chi connectivity index (χ2v) is 8.89. The largest absolute Gasteiger partial charge is 0.493 e. The van der Waals surface area contributed by atoms with Crippen molar-refractivity contribution in [2.24, 2.45) is 0 Å². The lowest BCUT2D eigenvalue weighted by atomic mass is 10.1. The lowest BCUT2D eigenvalue weighted by Crippen LogP contribution is -2.17. The number of rotatable bonds is 8. The molecule has 0 saturated heterocycles. The third kappa shape index (κ3) is 5.37. The Morgan fingerprint density at radius 2 is 1.83 bits per heavy atom. The molecule has 1 aromatic carbocycles. The molecule has 2 N–H and O–H groups in total. The lowest BCUT2D eigenvalue weighted by Gasteiger charge is -2.09. The van der Waals surface area contributed by atoms with E-state index in [0.29, 0.717) is 23.2 Å². The van der Waals surface area contributed by atoms with Crippen LogP contribution < -0.4 is 20.1 Å². The van der Waals surface area contributed by atoms with Gasteiger partial charge in [-0.15, -0.1) is 22.7 Å². The molecule has 7 nitrogen and oxygen atoms in total. The fourth-order valence-electron chi connectivity index (χ4n) is 2.83. The van der Waals surface area contributed by atoms with E-state index in [-0.39, 0.29) is 18.2 Å². The number of aromatic nitrogens is 1. The number of anilines is 1. The smallest absolute Gasteiger partial charge is 0.230 e. The molecule has 0 aliphatic carbocycles. The highest BCUT2D eigenvalue weighted by Gasteiger charge is 2.15. The number of benzene rings is 1. The van der Waals surface area contributed by atoms with Gasteiger partial charge in [-0.3, -0.25) is 9.59 Å². The number of thiophene rings is 1. The van der Waals surface area contributed by atoms with Gasteiger partial charge in [0.15, 0.2) is 16.6 Å². The van der Waals surface area contributed by atoms with Gasteiger partial charge in [-0.25, -0.2) is 4.98 Å². The Morgan fingerprint density at radius 1 is 1.07 bits per heavy atom. The van der Waals surface area contributed by atoms with Gasteiger partial charge in [0.2, 0.25) is 11.8 Å². The standard InChI is InChI=1S/C21H23N3O4S2/c1-12-20(18-8-6-15(30-18)11-22-13(2)25)24-21(29-12)23-19(26)10-14-5-7-16(27-3)17(9-14)28-4/h5-9H,10-11H2,1-4H3,(H,22,25)(H,23,24,26). The predicted molar refractivity (Wildman–Crippen MR) is 120 cm³/mol. The Bertz CT molecular complexity index is 1060. The summed E-state index contributed by atoms with van der Waals surface area (Å²) in [5, 5.41) is 6.23. The van der Waals surface area contributed by atoms with Crippen LogP contribution >= 0.6 is 22.7 Å². The van der Waals surface area contributed by atoms with Crippen molar-refractivity contribution in [2.45, 2.75) is 26.8 Å². The highest BCUT2D eigenvalue weighted by Crippen LogP contribution is 2.35. The minimum absolute atomic E-state index is 0.0609. The van der Waals surface area contributed by atoms with Crippen LogP contribution in [0.15, 0.2) is 30.3 Å². The molecule has 0 atom stereocenters. The molecule has 2 amide bonds. The molecule has 0 aliphatic heterocycles. The highest BCUT2D eigenvalue weighted by molar-refractivity contribution is 7.18. The number of nitrogens with one attached hydrogen (secondary N) is 2. The summed E-state index contributed by atoms with van der Waals surface area (Å²) < 4.78 is 10.5. The first kappa shape index (κ1) is 21.8. The molecule has 3 aromatic rings. The Balaban J connectivity index is 1.67. The molecule has 0 bridgehead atoms. The topological polar surface area (TPSA) is 89.5 Å². The zero-order valence-electron chi connectivity index (χ0n) is 17.2. The summed E-state index contributed by atoms with van der Waals surface area (Å²) in [6.45, 7) is 3.97. The van der Waals surface area contributed by atoms with Gasteiger partial charge in [-0.2, -0.15) is 0 Å². The molecule has 0 saturated carbocycles. The van der Waals surface area contributed by atoms with E-state index in [9.17, 15) is 9.59 Å². The third-order valence-corrected chi connectivity index (χ3v) is 6.24. The van der Waals surface area contributed by atoms with Gasteiger partial charge in [0, 0.05) is 16.7 Å². The van der Waals surface area contributed by atoms with Crippen molar-refractivity contribution < 1.29 is 19.1 Å². The third-order valence-electron chi connectivity index (χ3n) is 4.26. The van der Waals surface area contributed by atoms with Crippen LogP contribution in [-0.4, -0.2) is 31.0 Å². The molecular weight excluding hydrogens is 422 g/mol. The van der Waals surface area contributed by atoms with Crippen LogP contribution in [0.2, 0.25) is 0 Å². The van der Waals surface area contributed by atoms with Gasteiger partial charge in [-0.05, 0) is 36.8 Å². The van der Waals surface area contributed by atoms with Gasteiger partial charge in [0.25, 0.3) is 0 Å².